The van der Waals surface area contributed by atoms with Crippen LogP contribution in [0.15, 0.2) is 59.9 Å². The first-order chi connectivity index (χ1) is 14.0. The summed E-state index contributed by atoms with van der Waals surface area (Å²) >= 11 is 0. The number of aryl methyl sites for hydroxylation is 1. The van der Waals surface area contributed by atoms with Crippen LogP contribution in [0.3, 0.4) is 0 Å². The molecule has 3 aromatic rings. The van der Waals surface area contributed by atoms with Gasteiger partial charge in [0.25, 0.3) is 11.5 Å². The molecule has 0 bridgehead atoms. The minimum atomic E-state index is -0.106. The minimum absolute atomic E-state index is 0.00503. The number of aromatic nitrogens is 3. The van der Waals surface area contributed by atoms with Crippen LogP contribution in [-0.2, 0) is 13.6 Å². The van der Waals surface area contributed by atoms with Crippen LogP contribution in [0.2, 0.25) is 0 Å². The summed E-state index contributed by atoms with van der Waals surface area (Å²) in [4.78, 5) is 30.6. The van der Waals surface area contributed by atoms with Crippen LogP contribution in [0, 0.1) is 6.92 Å². The third kappa shape index (κ3) is 4.23. The van der Waals surface area contributed by atoms with Crippen LogP contribution in [0.4, 0.5) is 0 Å². The van der Waals surface area contributed by atoms with Crippen molar-refractivity contribution in [2.24, 2.45) is 7.05 Å². The monoisotopic (exact) mass is 392 g/mol. The smallest absolute Gasteiger partial charge is 0.254 e. The van der Waals surface area contributed by atoms with Crippen molar-refractivity contribution in [2.75, 3.05) is 13.1 Å². The number of hydrogen-bond donors (Lipinski definition) is 0. The van der Waals surface area contributed by atoms with Gasteiger partial charge in [0.2, 0.25) is 0 Å². The second-order valence-corrected chi connectivity index (χ2v) is 7.44. The van der Waals surface area contributed by atoms with Crippen molar-refractivity contribution in [2.45, 2.75) is 26.0 Å². The Kier molecular flexibility index (Phi) is 5.20. The van der Waals surface area contributed by atoms with Gasteiger partial charge in [0.05, 0.1) is 12.9 Å². The summed E-state index contributed by atoms with van der Waals surface area (Å²) in [6, 6.07) is 11.0. The molecule has 4 rings (SSSR count). The zero-order chi connectivity index (χ0) is 20.4. The number of likely N-dealkylation sites (tertiary alicyclic amines) is 1. The molecule has 3 heterocycles. The first-order valence-electron chi connectivity index (χ1n) is 9.68. The van der Waals surface area contributed by atoms with E-state index in [9.17, 15) is 9.59 Å². The number of pyridine rings is 1. The van der Waals surface area contributed by atoms with E-state index in [2.05, 4.69) is 4.98 Å². The highest BCUT2D eigenvalue weighted by Gasteiger charge is 2.28. The van der Waals surface area contributed by atoms with E-state index >= 15 is 0 Å². The van der Waals surface area contributed by atoms with Crippen LogP contribution in [-0.4, -0.2) is 44.1 Å². The van der Waals surface area contributed by atoms with E-state index in [1.807, 2.05) is 52.9 Å². The molecule has 0 saturated carbocycles. The maximum Gasteiger partial charge on any atom is 0.254 e. The number of nitrogens with zero attached hydrogens (tertiary/aromatic N) is 4. The summed E-state index contributed by atoms with van der Waals surface area (Å²) in [6.45, 7) is 3.76. The largest absolute Gasteiger partial charge is 0.488 e. The molecule has 1 saturated heterocycles. The molecule has 0 radical (unpaired) electrons. The summed E-state index contributed by atoms with van der Waals surface area (Å²) in [5.74, 6) is 0.569. The van der Waals surface area contributed by atoms with Crippen LogP contribution < -0.4 is 10.3 Å². The number of rotatable bonds is 5. The molecule has 0 aliphatic carbocycles. The van der Waals surface area contributed by atoms with E-state index in [0.29, 0.717) is 24.4 Å². The third-order valence-electron chi connectivity index (χ3n) is 5.34. The quantitative estimate of drug-likeness (QED) is 0.668. The summed E-state index contributed by atoms with van der Waals surface area (Å²) in [5.41, 5.74) is 2.53. The molecule has 1 atom stereocenters. The Labute approximate surface area is 169 Å². The molecule has 2 aromatic heterocycles. The summed E-state index contributed by atoms with van der Waals surface area (Å²) < 4.78 is 9.53. The Morgan fingerprint density at radius 3 is 2.72 bits per heavy atom. The van der Waals surface area contributed by atoms with Gasteiger partial charge in [-0.2, -0.15) is 0 Å². The van der Waals surface area contributed by atoms with Gasteiger partial charge in [0, 0.05) is 56.3 Å². The van der Waals surface area contributed by atoms with Gasteiger partial charge in [-0.05, 0) is 30.7 Å². The third-order valence-corrected chi connectivity index (χ3v) is 5.34. The number of imidazole rings is 1. The van der Waals surface area contributed by atoms with E-state index in [0.717, 1.165) is 24.2 Å². The predicted octanol–water partition coefficient (Wildman–Crippen LogP) is 2.23. The highest BCUT2D eigenvalue weighted by molar-refractivity contribution is 5.94. The predicted molar refractivity (Wildman–Crippen MR) is 109 cm³/mol. The maximum absolute atomic E-state index is 12.8. The highest BCUT2D eigenvalue weighted by Crippen LogP contribution is 2.20. The summed E-state index contributed by atoms with van der Waals surface area (Å²) in [6.07, 6.45) is 6.07. The molecule has 1 aliphatic rings. The second kappa shape index (κ2) is 7.95. The average molecular weight is 392 g/mol. The minimum Gasteiger partial charge on any atom is -0.488 e. The lowest BCUT2D eigenvalue weighted by Gasteiger charge is -2.18. The summed E-state index contributed by atoms with van der Waals surface area (Å²) in [7, 11) is 1.73. The van der Waals surface area contributed by atoms with Gasteiger partial charge < -0.3 is 18.8 Å². The first-order valence-corrected chi connectivity index (χ1v) is 9.68. The van der Waals surface area contributed by atoms with Gasteiger partial charge in [-0.15, -0.1) is 0 Å². The Balaban J connectivity index is 1.37. The molecule has 0 spiro atoms. The van der Waals surface area contributed by atoms with Crippen LogP contribution in [0.1, 0.15) is 28.0 Å². The number of carbonyl (C=O) groups excluding carboxylic acids is 1. The maximum atomic E-state index is 12.8. The fraction of sp³-hybridized carbons (Fsp3) is 0.318. The van der Waals surface area contributed by atoms with Crippen molar-refractivity contribution in [1.82, 2.24) is 19.0 Å². The molecule has 1 aromatic carbocycles. The van der Waals surface area contributed by atoms with Crippen molar-refractivity contribution in [3.8, 4) is 5.75 Å². The lowest BCUT2D eigenvalue weighted by molar-refractivity contribution is 0.0772. The summed E-state index contributed by atoms with van der Waals surface area (Å²) in [5, 5.41) is 0. The van der Waals surface area contributed by atoms with Crippen LogP contribution in [0.5, 0.6) is 5.75 Å². The Morgan fingerprint density at radius 2 is 2.03 bits per heavy atom. The van der Waals surface area contributed by atoms with Gasteiger partial charge in [0.15, 0.2) is 0 Å². The van der Waals surface area contributed by atoms with E-state index < -0.39 is 0 Å². The Bertz CT molecular complexity index is 1050. The van der Waals surface area contributed by atoms with E-state index in [-0.39, 0.29) is 17.6 Å². The number of carbonyl (C=O) groups is 1. The lowest BCUT2D eigenvalue weighted by Crippen LogP contribution is -2.31. The van der Waals surface area contributed by atoms with Crippen LogP contribution in [0.25, 0.3) is 0 Å². The normalized spacial score (nSPS) is 16.2. The average Bonchev–Trinajstić information content (AvgIpc) is 3.38. The molecular formula is C22H24N4O3. The number of benzene rings is 1. The molecule has 1 amide bonds. The van der Waals surface area contributed by atoms with Gasteiger partial charge in [-0.25, -0.2) is 4.98 Å². The van der Waals surface area contributed by atoms with E-state index in [1.165, 1.54) is 6.07 Å². The fourth-order valence-electron chi connectivity index (χ4n) is 3.53. The molecule has 1 fully saturated rings. The molecule has 7 heteroatoms. The van der Waals surface area contributed by atoms with E-state index in [1.54, 1.807) is 24.1 Å². The highest BCUT2D eigenvalue weighted by atomic mass is 16.5. The topological polar surface area (TPSA) is 69.4 Å². The van der Waals surface area contributed by atoms with Crippen LogP contribution >= 0.6 is 0 Å². The van der Waals surface area contributed by atoms with Crippen molar-refractivity contribution in [3.05, 3.63) is 82.3 Å². The first kappa shape index (κ1) is 19.0. The van der Waals surface area contributed by atoms with Gasteiger partial charge in [0.1, 0.15) is 11.9 Å². The van der Waals surface area contributed by atoms with Crippen molar-refractivity contribution < 1.29 is 9.53 Å². The standard InChI is InChI=1S/C22H24N4O3/c1-16-11-20(12-21(27)24(16)2)29-19-7-9-26(14-19)22(28)18-5-3-17(4-6-18)13-25-10-8-23-15-25/h3-6,8,10-12,15,19H,7,9,13-14H2,1-2H3. The molecule has 1 unspecified atom stereocenters. The molecular weight excluding hydrogens is 368 g/mol. The number of hydrogen-bond acceptors (Lipinski definition) is 4. The fourth-order valence-corrected chi connectivity index (χ4v) is 3.53. The Morgan fingerprint density at radius 1 is 1.24 bits per heavy atom. The lowest BCUT2D eigenvalue weighted by atomic mass is 10.1. The van der Waals surface area contributed by atoms with Gasteiger partial charge in [-0.1, -0.05) is 12.1 Å². The van der Waals surface area contributed by atoms with Crippen molar-refractivity contribution in [1.29, 1.82) is 0 Å². The van der Waals surface area contributed by atoms with Crippen molar-refractivity contribution >= 4 is 5.91 Å². The van der Waals surface area contributed by atoms with Gasteiger partial charge >= 0.3 is 0 Å². The van der Waals surface area contributed by atoms with Gasteiger partial charge in [-0.3, -0.25) is 9.59 Å². The Hall–Kier alpha value is -3.35. The number of ether oxygens (including phenoxy) is 1. The molecule has 1 aliphatic heterocycles. The van der Waals surface area contributed by atoms with E-state index in [4.69, 9.17) is 4.74 Å². The second-order valence-electron chi connectivity index (χ2n) is 7.44. The molecule has 29 heavy (non-hydrogen) atoms. The van der Waals surface area contributed by atoms with Crippen molar-refractivity contribution in [3.63, 3.8) is 0 Å². The zero-order valence-electron chi connectivity index (χ0n) is 16.6. The SMILES string of the molecule is Cc1cc(OC2CCN(C(=O)c3ccc(Cn4ccnc4)cc3)C2)cc(=O)n1C. The molecule has 7 nitrogen and oxygen atoms in total. The molecule has 150 valence electrons. The number of amides is 1. The molecule has 0 N–H and O–H groups in total. The zero-order valence-corrected chi connectivity index (χ0v) is 16.6.